The lowest BCUT2D eigenvalue weighted by Gasteiger charge is -2.24. The molecule has 0 bridgehead atoms. The molecule has 0 radical (unpaired) electrons. The van der Waals surface area contributed by atoms with Crippen LogP contribution in [0.4, 0.5) is 0 Å². The Kier molecular flexibility index (Phi) is 6.40. The predicted octanol–water partition coefficient (Wildman–Crippen LogP) is 2.50. The smallest absolute Gasteiger partial charge is 0.223 e. The molecule has 0 aromatic heterocycles. The lowest BCUT2D eigenvalue weighted by molar-refractivity contribution is -0.126. The predicted molar refractivity (Wildman–Crippen MR) is 87.3 cm³/mol. The fourth-order valence-corrected chi connectivity index (χ4v) is 2.88. The van der Waals surface area contributed by atoms with Crippen LogP contribution in [0, 0.1) is 5.92 Å². The van der Waals surface area contributed by atoms with Gasteiger partial charge in [-0.05, 0) is 44.1 Å². The van der Waals surface area contributed by atoms with Gasteiger partial charge >= 0.3 is 0 Å². The van der Waals surface area contributed by atoms with Crippen LogP contribution in [0.15, 0.2) is 37.0 Å². The van der Waals surface area contributed by atoms with Gasteiger partial charge in [-0.25, -0.2) is 0 Å². The average Bonchev–Trinajstić information content (AvgIpc) is 3.25. The lowest BCUT2D eigenvalue weighted by atomic mass is 9.87. The van der Waals surface area contributed by atoms with Gasteiger partial charge in [-0.2, -0.15) is 0 Å². The second-order valence-electron chi connectivity index (χ2n) is 6.20. The van der Waals surface area contributed by atoms with Crippen molar-refractivity contribution in [2.24, 2.45) is 5.92 Å². The van der Waals surface area contributed by atoms with Crippen molar-refractivity contribution in [3.8, 4) is 0 Å². The molecule has 2 rings (SSSR count). The van der Waals surface area contributed by atoms with E-state index in [0.717, 1.165) is 44.1 Å². The van der Waals surface area contributed by atoms with Gasteiger partial charge in [0.05, 0.1) is 24.9 Å². The van der Waals surface area contributed by atoms with Crippen molar-refractivity contribution in [3.05, 3.63) is 37.0 Å². The first kappa shape index (κ1) is 17.0. The monoisotopic (exact) mass is 305 g/mol. The summed E-state index contributed by atoms with van der Waals surface area (Å²) in [5, 5.41) is 12.5. The Balaban J connectivity index is 1.62. The van der Waals surface area contributed by atoms with E-state index in [0.29, 0.717) is 6.61 Å². The van der Waals surface area contributed by atoms with Crippen LogP contribution in [0.25, 0.3) is 0 Å². The summed E-state index contributed by atoms with van der Waals surface area (Å²) in [6.45, 7) is 8.06. The SMILES string of the molecule is C=C/C=C(\C=C)CCOC1CC1NC(=O)C1CCC(O)CC1. The molecule has 2 aliphatic rings. The molecule has 22 heavy (non-hydrogen) atoms. The minimum atomic E-state index is -0.219. The first-order chi connectivity index (χ1) is 10.6. The van der Waals surface area contributed by atoms with Crippen molar-refractivity contribution in [1.82, 2.24) is 5.32 Å². The van der Waals surface area contributed by atoms with Gasteiger partial charge in [0, 0.05) is 5.92 Å². The van der Waals surface area contributed by atoms with Gasteiger partial charge in [-0.1, -0.05) is 31.4 Å². The molecule has 122 valence electrons. The van der Waals surface area contributed by atoms with Gasteiger partial charge in [0.1, 0.15) is 0 Å². The van der Waals surface area contributed by atoms with E-state index in [4.69, 9.17) is 4.74 Å². The highest BCUT2D eigenvalue weighted by molar-refractivity contribution is 5.79. The lowest BCUT2D eigenvalue weighted by Crippen LogP contribution is -2.36. The molecule has 0 spiro atoms. The van der Waals surface area contributed by atoms with E-state index < -0.39 is 0 Å². The van der Waals surface area contributed by atoms with Crippen LogP contribution in [-0.4, -0.2) is 35.9 Å². The molecule has 0 aromatic carbocycles. The van der Waals surface area contributed by atoms with Crippen molar-refractivity contribution in [1.29, 1.82) is 0 Å². The zero-order chi connectivity index (χ0) is 15.9. The van der Waals surface area contributed by atoms with Crippen LogP contribution >= 0.6 is 0 Å². The fourth-order valence-electron chi connectivity index (χ4n) is 2.88. The maximum atomic E-state index is 12.1. The summed E-state index contributed by atoms with van der Waals surface area (Å²) in [5.41, 5.74) is 1.11. The molecule has 2 fully saturated rings. The van der Waals surface area contributed by atoms with Gasteiger partial charge in [-0.15, -0.1) is 0 Å². The van der Waals surface area contributed by atoms with E-state index in [9.17, 15) is 9.90 Å². The van der Waals surface area contributed by atoms with Crippen LogP contribution in [-0.2, 0) is 9.53 Å². The summed E-state index contributed by atoms with van der Waals surface area (Å²) >= 11 is 0. The van der Waals surface area contributed by atoms with Crippen LogP contribution < -0.4 is 5.32 Å². The van der Waals surface area contributed by atoms with Crippen molar-refractivity contribution in [3.63, 3.8) is 0 Å². The second-order valence-corrected chi connectivity index (χ2v) is 6.20. The zero-order valence-corrected chi connectivity index (χ0v) is 13.2. The van der Waals surface area contributed by atoms with Crippen molar-refractivity contribution in [2.45, 2.75) is 56.8 Å². The standard InChI is InChI=1S/C18H27NO3/c1-3-5-13(4-2)10-11-22-17-12-16(17)19-18(21)14-6-8-15(20)9-7-14/h3-5,14-17,20H,1-2,6-12H2,(H,19,21)/b13-5+. The molecule has 0 aliphatic heterocycles. The minimum absolute atomic E-state index is 0.0625. The van der Waals surface area contributed by atoms with E-state index >= 15 is 0 Å². The second kappa shape index (κ2) is 8.30. The summed E-state index contributed by atoms with van der Waals surface area (Å²) in [4.78, 5) is 12.1. The van der Waals surface area contributed by atoms with Gasteiger partial charge in [0.25, 0.3) is 0 Å². The number of amides is 1. The van der Waals surface area contributed by atoms with E-state index in [-0.39, 0.29) is 30.1 Å². The molecule has 4 nitrogen and oxygen atoms in total. The topological polar surface area (TPSA) is 58.6 Å². The summed E-state index contributed by atoms with van der Waals surface area (Å²) in [6.07, 6.45) is 10.2. The fraction of sp³-hybridized carbons (Fsp3) is 0.611. The number of aliphatic hydroxyl groups excluding tert-OH is 1. The van der Waals surface area contributed by atoms with Crippen LogP contribution in [0.1, 0.15) is 38.5 Å². The van der Waals surface area contributed by atoms with Crippen LogP contribution in [0.5, 0.6) is 0 Å². The molecular weight excluding hydrogens is 278 g/mol. The highest BCUT2D eigenvalue weighted by Crippen LogP contribution is 2.29. The summed E-state index contributed by atoms with van der Waals surface area (Å²) in [5.74, 6) is 0.189. The first-order valence-corrected chi connectivity index (χ1v) is 8.18. The van der Waals surface area contributed by atoms with Crippen molar-refractivity contribution in [2.75, 3.05) is 6.61 Å². The molecule has 2 aliphatic carbocycles. The highest BCUT2D eigenvalue weighted by Gasteiger charge is 2.40. The molecule has 1 amide bonds. The Bertz CT molecular complexity index is 436. The number of ether oxygens (including phenoxy) is 1. The number of allylic oxidation sites excluding steroid dienone is 3. The summed E-state index contributed by atoms with van der Waals surface area (Å²) in [6, 6.07) is 0.162. The van der Waals surface area contributed by atoms with Gasteiger partial charge in [0.2, 0.25) is 5.91 Å². The molecule has 0 aromatic rings. The maximum absolute atomic E-state index is 12.1. The number of hydrogen-bond donors (Lipinski definition) is 2. The van der Waals surface area contributed by atoms with Gasteiger partial charge < -0.3 is 15.2 Å². The number of hydrogen-bond acceptors (Lipinski definition) is 3. The molecule has 2 saturated carbocycles. The van der Waals surface area contributed by atoms with Crippen LogP contribution in [0.2, 0.25) is 0 Å². The summed E-state index contributed by atoms with van der Waals surface area (Å²) in [7, 11) is 0. The van der Waals surface area contributed by atoms with E-state index in [1.807, 2.05) is 12.2 Å². The van der Waals surface area contributed by atoms with E-state index in [1.54, 1.807) is 6.08 Å². The number of aliphatic hydroxyl groups is 1. The highest BCUT2D eigenvalue weighted by atomic mass is 16.5. The number of nitrogens with one attached hydrogen (secondary N) is 1. The third kappa shape index (κ3) is 5.11. The molecule has 2 atom stereocenters. The third-order valence-corrected chi connectivity index (χ3v) is 4.44. The number of rotatable bonds is 8. The molecular formula is C18H27NO3. The minimum Gasteiger partial charge on any atom is -0.393 e. The molecule has 0 saturated heterocycles. The van der Waals surface area contributed by atoms with E-state index in [1.165, 1.54) is 0 Å². The average molecular weight is 305 g/mol. The number of carbonyl (C=O) groups is 1. The maximum Gasteiger partial charge on any atom is 0.223 e. The largest absolute Gasteiger partial charge is 0.393 e. The van der Waals surface area contributed by atoms with Gasteiger partial charge in [-0.3, -0.25) is 4.79 Å². The Morgan fingerprint density at radius 1 is 1.27 bits per heavy atom. The normalized spacial score (nSPS) is 31.4. The third-order valence-electron chi connectivity index (χ3n) is 4.44. The van der Waals surface area contributed by atoms with Crippen molar-refractivity contribution < 1.29 is 14.6 Å². The molecule has 0 heterocycles. The van der Waals surface area contributed by atoms with Crippen molar-refractivity contribution >= 4 is 5.91 Å². The zero-order valence-electron chi connectivity index (χ0n) is 13.2. The molecule has 2 N–H and O–H groups in total. The Morgan fingerprint density at radius 2 is 2.00 bits per heavy atom. The molecule has 4 heteroatoms. The quantitative estimate of drug-likeness (QED) is 0.677. The number of carbonyl (C=O) groups excluding carboxylic acids is 1. The van der Waals surface area contributed by atoms with Crippen LogP contribution in [0.3, 0.4) is 0 Å². The molecule has 2 unspecified atom stereocenters. The Morgan fingerprint density at radius 3 is 2.64 bits per heavy atom. The van der Waals surface area contributed by atoms with Gasteiger partial charge in [0.15, 0.2) is 0 Å². The van der Waals surface area contributed by atoms with E-state index in [2.05, 4.69) is 18.5 Å². The summed E-state index contributed by atoms with van der Waals surface area (Å²) < 4.78 is 5.77. The Hall–Kier alpha value is -1.39. The first-order valence-electron chi connectivity index (χ1n) is 8.18. The Labute approximate surface area is 132 Å².